The minimum atomic E-state index is -0.523. The molecule has 13 heteroatoms. The van der Waals surface area contributed by atoms with E-state index in [4.69, 9.17) is 18.9 Å². The second-order valence-electron chi connectivity index (χ2n) is 13.3. The van der Waals surface area contributed by atoms with Crippen LogP contribution in [0.2, 0.25) is 0 Å². The van der Waals surface area contributed by atoms with Crippen LogP contribution in [0.25, 0.3) is 0 Å². The van der Waals surface area contributed by atoms with E-state index in [1.165, 1.54) is 0 Å². The van der Waals surface area contributed by atoms with Gasteiger partial charge in [-0.25, -0.2) is 4.79 Å². The smallest absolute Gasteiger partial charge is 0.321 e. The summed E-state index contributed by atoms with van der Waals surface area (Å²) in [7, 11) is 5.63. The zero-order chi connectivity index (χ0) is 35.5. The lowest BCUT2D eigenvalue weighted by molar-refractivity contribution is -0.116. The molecule has 0 unspecified atom stereocenters. The number of rotatable bonds is 10. The summed E-state index contributed by atoms with van der Waals surface area (Å²) in [5.74, 6) is 0.946. The Balaban J connectivity index is 1.53. The summed E-state index contributed by atoms with van der Waals surface area (Å²) in [4.78, 5) is 45.5. The third kappa shape index (κ3) is 11.0. The van der Waals surface area contributed by atoms with Gasteiger partial charge in [-0.2, -0.15) is 0 Å². The van der Waals surface area contributed by atoms with Gasteiger partial charge in [0, 0.05) is 56.5 Å². The van der Waals surface area contributed by atoms with Crippen molar-refractivity contribution in [2.45, 2.75) is 71.1 Å². The molecule has 0 fully saturated rings. The molecule has 0 bridgehead atoms. The van der Waals surface area contributed by atoms with Crippen LogP contribution in [0, 0.1) is 5.92 Å². The highest BCUT2D eigenvalue weighted by atomic mass is 16.7. The highest BCUT2D eigenvalue weighted by Crippen LogP contribution is 2.34. The SMILES string of the molecule is C[C@@H]1CCCCO[C@@H](CN(C)C(=O)Nc2ccc3c(c2)OCO3)[C@H](C)CN([C@H](C)CO)C(=O)c2cc(NC(=O)CCCN(C)C)ccc2O1. The largest absolute Gasteiger partial charge is 0.490 e. The molecule has 3 N–H and O–H groups in total. The number of anilines is 2. The summed E-state index contributed by atoms with van der Waals surface area (Å²) in [6, 6.07) is 9.53. The van der Waals surface area contributed by atoms with Crippen LogP contribution in [-0.4, -0.2) is 117 Å². The number of nitrogens with zero attached hydrogens (tertiary/aromatic N) is 3. The maximum Gasteiger partial charge on any atom is 0.321 e. The lowest BCUT2D eigenvalue weighted by Crippen LogP contribution is -2.48. The summed E-state index contributed by atoms with van der Waals surface area (Å²) < 4.78 is 23.5. The number of nitrogens with one attached hydrogen (secondary N) is 2. The number of carbonyl (C=O) groups is 3. The molecule has 4 rings (SSSR count). The molecule has 0 saturated carbocycles. The van der Waals surface area contributed by atoms with Crippen molar-refractivity contribution < 1.29 is 38.4 Å². The van der Waals surface area contributed by atoms with E-state index in [0.717, 1.165) is 25.8 Å². The molecule has 2 aliphatic rings. The molecule has 4 atom stereocenters. The van der Waals surface area contributed by atoms with E-state index in [9.17, 15) is 19.5 Å². The first-order valence-corrected chi connectivity index (χ1v) is 17.2. The summed E-state index contributed by atoms with van der Waals surface area (Å²) in [6.45, 7) is 7.42. The Kier molecular flexibility index (Phi) is 13.9. The molecule has 0 aliphatic carbocycles. The molecule has 2 aromatic carbocycles. The van der Waals surface area contributed by atoms with Gasteiger partial charge >= 0.3 is 6.03 Å². The van der Waals surface area contributed by atoms with Crippen LogP contribution >= 0.6 is 0 Å². The van der Waals surface area contributed by atoms with Gasteiger partial charge < -0.3 is 49.4 Å². The standard InChI is InChI=1S/C36H53N5O8/c1-24-20-41(25(2)22-42)35(44)29-18-27(37-34(43)11-9-16-39(4)5)12-14-30(29)49-26(3)10-7-8-17-46-33(24)21-40(6)36(45)38-28-13-15-31-32(19-28)48-23-47-31/h12-15,18-19,24-26,33,42H,7-11,16-17,20-23H2,1-6H3,(H,37,43)(H,38,45)/t24-,25-,26-,33+/m1/s1. The van der Waals surface area contributed by atoms with E-state index < -0.39 is 12.1 Å². The van der Waals surface area contributed by atoms with Gasteiger partial charge in [0.2, 0.25) is 12.7 Å². The van der Waals surface area contributed by atoms with Crippen molar-refractivity contribution in [3.8, 4) is 17.2 Å². The fourth-order valence-corrected chi connectivity index (χ4v) is 5.79. The number of urea groups is 1. The quantitative estimate of drug-likeness (QED) is 0.326. The average molecular weight is 684 g/mol. The fraction of sp³-hybridized carbons (Fsp3) is 0.583. The normalized spacial score (nSPS) is 20.5. The van der Waals surface area contributed by atoms with E-state index >= 15 is 0 Å². The molecule has 2 heterocycles. The number of benzene rings is 2. The van der Waals surface area contributed by atoms with Crippen molar-refractivity contribution in [2.75, 3.05) is 71.4 Å². The van der Waals surface area contributed by atoms with E-state index in [0.29, 0.717) is 53.6 Å². The minimum Gasteiger partial charge on any atom is -0.490 e. The number of hydrogen-bond acceptors (Lipinski definition) is 9. The fourth-order valence-electron chi connectivity index (χ4n) is 5.79. The molecular weight excluding hydrogens is 630 g/mol. The Morgan fingerprint density at radius 1 is 1.00 bits per heavy atom. The van der Waals surface area contributed by atoms with Crippen molar-refractivity contribution in [3.05, 3.63) is 42.0 Å². The molecule has 0 aromatic heterocycles. The van der Waals surface area contributed by atoms with Gasteiger partial charge in [0.05, 0.1) is 30.4 Å². The number of amides is 4. The predicted molar refractivity (Wildman–Crippen MR) is 188 cm³/mol. The van der Waals surface area contributed by atoms with Crippen molar-refractivity contribution in [3.63, 3.8) is 0 Å². The van der Waals surface area contributed by atoms with Crippen LogP contribution in [0.5, 0.6) is 17.2 Å². The molecule has 0 radical (unpaired) electrons. The number of aliphatic hydroxyl groups is 1. The first-order valence-electron chi connectivity index (χ1n) is 17.2. The second-order valence-corrected chi connectivity index (χ2v) is 13.3. The highest BCUT2D eigenvalue weighted by molar-refractivity contribution is 5.99. The van der Waals surface area contributed by atoms with Gasteiger partial charge in [0.1, 0.15) is 5.75 Å². The lowest BCUT2D eigenvalue weighted by Gasteiger charge is -2.35. The first-order chi connectivity index (χ1) is 23.4. The minimum absolute atomic E-state index is 0.134. The Bertz CT molecular complexity index is 1420. The van der Waals surface area contributed by atoms with Crippen LogP contribution in [-0.2, 0) is 9.53 Å². The van der Waals surface area contributed by atoms with Crippen molar-refractivity contribution >= 4 is 29.2 Å². The number of fused-ring (bicyclic) bond motifs is 2. The van der Waals surface area contributed by atoms with Crippen molar-refractivity contribution in [2.24, 2.45) is 5.92 Å². The van der Waals surface area contributed by atoms with Crippen LogP contribution in [0.3, 0.4) is 0 Å². The Labute approximate surface area is 289 Å². The van der Waals surface area contributed by atoms with Crippen LogP contribution in [0.15, 0.2) is 36.4 Å². The summed E-state index contributed by atoms with van der Waals surface area (Å²) in [5.41, 5.74) is 1.38. The number of hydrogen-bond donors (Lipinski definition) is 3. The third-order valence-electron chi connectivity index (χ3n) is 8.77. The van der Waals surface area contributed by atoms with E-state index in [2.05, 4.69) is 10.6 Å². The van der Waals surface area contributed by atoms with Crippen LogP contribution < -0.4 is 24.8 Å². The molecule has 49 heavy (non-hydrogen) atoms. The van der Waals surface area contributed by atoms with Gasteiger partial charge in [0.25, 0.3) is 5.91 Å². The zero-order valence-corrected chi connectivity index (χ0v) is 29.7. The number of likely N-dealkylation sites (N-methyl/N-ethyl adjacent to an activating group) is 1. The van der Waals surface area contributed by atoms with E-state index in [1.807, 2.05) is 32.8 Å². The lowest BCUT2D eigenvalue weighted by atomic mass is 10.0. The molecule has 4 amide bonds. The topological polar surface area (TPSA) is 142 Å². The average Bonchev–Trinajstić information content (AvgIpc) is 3.53. The summed E-state index contributed by atoms with van der Waals surface area (Å²) >= 11 is 0. The second kappa shape index (κ2) is 18.1. The van der Waals surface area contributed by atoms with E-state index in [1.54, 1.807) is 60.2 Å². The van der Waals surface area contributed by atoms with Gasteiger partial charge in [-0.1, -0.05) is 6.92 Å². The molecular formula is C36H53N5O8. The monoisotopic (exact) mass is 683 g/mol. The van der Waals surface area contributed by atoms with Crippen molar-refractivity contribution in [1.82, 2.24) is 14.7 Å². The Morgan fingerprint density at radius 3 is 2.45 bits per heavy atom. The molecule has 2 aromatic rings. The Hall–Kier alpha value is -4.07. The van der Waals surface area contributed by atoms with Crippen LogP contribution in [0.4, 0.5) is 16.2 Å². The van der Waals surface area contributed by atoms with Gasteiger partial charge in [-0.05, 0) is 90.5 Å². The molecule has 0 saturated heterocycles. The maximum absolute atomic E-state index is 14.3. The highest BCUT2D eigenvalue weighted by Gasteiger charge is 2.31. The summed E-state index contributed by atoms with van der Waals surface area (Å²) in [6.07, 6.45) is 2.87. The third-order valence-corrected chi connectivity index (χ3v) is 8.77. The van der Waals surface area contributed by atoms with Crippen LogP contribution in [0.1, 0.15) is 63.2 Å². The van der Waals surface area contributed by atoms with Gasteiger partial charge in [-0.15, -0.1) is 0 Å². The van der Waals surface area contributed by atoms with E-state index in [-0.39, 0.29) is 56.4 Å². The zero-order valence-electron chi connectivity index (χ0n) is 29.7. The number of aliphatic hydroxyl groups excluding tert-OH is 1. The van der Waals surface area contributed by atoms with Gasteiger partial charge in [-0.3, -0.25) is 9.59 Å². The Morgan fingerprint density at radius 2 is 1.71 bits per heavy atom. The maximum atomic E-state index is 14.3. The number of carbonyl (C=O) groups excluding carboxylic acids is 3. The molecule has 0 spiro atoms. The number of ether oxygens (including phenoxy) is 4. The molecule has 13 nitrogen and oxygen atoms in total. The first kappa shape index (κ1) is 37.7. The summed E-state index contributed by atoms with van der Waals surface area (Å²) in [5, 5.41) is 16.1. The molecule has 2 aliphatic heterocycles. The van der Waals surface area contributed by atoms with Gasteiger partial charge in [0.15, 0.2) is 11.5 Å². The molecule has 270 valence electrons. The predicted octanol–water partition coefficient (Wildman–Crippen LogP) is 4.66. The van der Waals surface area contributed by atoms with Crippen molar-refractivity contribution in [1.29, 1.82) is 0 Å².